The van der Waals surface area contributed by atoms with Crippen molar-refractivity contribution in [1.82, 2.24) is 14.8 Å². The lowest BCUT2D eigenvalue weighted by atomic mass is 9.84. The number of H-pyrrole nitrogens is 1. The van der Waals surface area contributed by atoms with Crippen LogP contribution in [0.25, 0.3) is 10.9 Å². The number of carbonyl (C=O) groups is 2. The standard InChI is InChI=1S/C29H33Cl2N3O3/c30-24-7-5-19(17-25(24)31)6-8-27(35)33-13-11-21(12-14-33)28(29(36)37)34-15-9-20(10-16-34)23-18-32-26-4-2-1-3-22(23)26/h1-5,7,17-18,20-21,28,32H,6,8-16H2,(H,36,37). The van der Waals surface area contributed by atoms with Crippen LogP contribution in [0.2, 0.25) is 10.0 Å². The maximum Gasteiger partial charge on any atom is 0.321 e. The normalized spacial score (nSPS) is 18.8. The van der Waals surface area contributed by atoms with Crippen molar-refractivity contribution in [2.75, 3.05) is 26.2 Å². The average molecular weight is 543 g/mol. The highest BCUT2D eigenvalue weighted by atomic mass is 35.5. The molecule has 2 aliphatic heterocycles. The van der Waals surface area contributed by atoms with Crippen LogP contribution in [0.15, 0.2) is 48.7 Å². The second kappa shape index (κ2) is 11.5. The van der Waals surface area contributed by atoms with Gasteiger partial charge in [0.15, 0.2) is 0 Å². The molecule has 0 radical (unpaired) electrons. The first-order valence-corrected chi connectivity index (χ1v) is 13.9. The second-order valence-electron chi connectivity index (χ2n) is 10.3. The van der Waals surface area contributed by atoms with Gasteiger partial charge in [-0.1, -0.05) is 47.5 Å². The number of carboxylic acids is 1. The van der Waals surface area contributed by atoms with Crippen molar-refractivity contribution >= 4 is 46.0 Å². The first kappa shape index (κ1) is 26.1. The summed E-state index contributed by atoms with van der Waals surface area (Å²) in [5.41, 5.74) is 3.48. The molecule has 0 aliphatic carbocycles. The van der Waals surface area contributed by atoms with Crippen molar-refractivity contribution in [3.63, 3.8) is 0 Å². The fraction of sp³-hybridized carbons (Fsp3) is 0.448. The third-order valence-corrected chi connectivity index (χ3v) is 8.93. The second-order valence-corrected chi connectivity index (χ2v) is 11.2. The van der Waals surface area contributed by atoms with Gasteiger partial charge in [0.1, 0.15) is 6.04 Å². The summed E-state index contributed by atoms with van der Waals surface area (Å²) in [6.45, 7) is 2.79. The molecule has 2 fully saturated rings. The van der Waals surface area contributed by atoms with Crippen LogP contribution in [-0.4, -0.2) is 64.0 Å². The maximum atomic E-state index is 12.8. The summed E-state index contributed by atoms with van der Waals surface area (Å²) in [6.07, 6.45) is 6.49. The van der Waals surface area contributed by atoms with Crippen molar-refractivity contribution in [2.24, 2.45) is 5.92 Å². The summed E-state index contributed by atoms with van der Waals surface area (Å²) in [7, 11) is 0. The third kappa shape index (κ3) is 5.82. The molecule has 196 valence electrons. The van der Waals surface area contributed by atoms with Gasteiger partial charge in [0.05, 0.1) is 10.0 Å². The van der Waals surface area contributed by atoms with E-state index in [1.165, 1.54) is 10.9 Å². The summed E-state index contributed by atoms with van der Waals surface area (Å²) in [5.74, 6) is -0.135. The Labute approximate surface area is 227 Å². The zero-order valence-corrected chi connectivity index (χ0v) is 22.3. The Hall–Kier alpha value is -2.54. The lowest BCUT2D eigenvalue weighted by molar-refractivity contribution is -0.147. The van der Waals surface area contributed by atoms with Gasteiger partial charge in [-0.25, -0.2) is 0 Å². The molecular formula is C29H33Cl2N3O3. The lowest BCUT2D eigenvalue weighted by Crippen LogP contribution is -2.52. The number of halogens is 2. The topological polar surface area (TPSA) is 76.6 Å². The number of carbonyl (C=O) groups excluding carboxylic acids is 1. The molecule has 37 heavy (non-hydrogen) atoms. The molecule has 3 heterocycles. The number of likely N-dealkylation sites (tertiary alicyclic amines) is 2. The number of aliphatic carboxylic acids is 1. The van der Waals surface area contributed by atoms with E-state index in [1.54, 1.807) is 6.07 Å². The van der Waals surface area contributed by atoms with Crippen LogP contribution >= 0.6 is 23.2 Å². The molecule has 6 nitrogen and oxygen atoms in total. The maximum absolute atomic E-state index is 12.8. The summed E-state index contributed by atoms with van der Waals surface area (Å²) in [6, 6.07) is 13.3. The van der Waals surface area contributed by atoms with E-state index < -0.39 is 12.0 Å². The van der Waals surface area contributed by atoms with Crippen molar-refractivity contribution in [2.45, 2.75) is 50.5 Å². The van der Waals surface area contributed by atoms with Gasteiger partial charge in [-0.2, -0.15) is 0 Å². The van der Waals surface area contributed by atoms with Gasteiger partial charge < -0.3 is 15.0 Å². The number of aryl methyl sites for hydroxylation is 1. The summed E-state index contributed by atoms with van der Waals surface area (Å²) >= 11 is 12.1. The van der Waals surface area contributed by atoms with E-state index in [-0.39, 0.29) is 11.8 Å². The van der Waals surface area contributed by atoms with E-state index in [4.69, 9.17) is 23.2 Å². The van der Waals surface area contributed by atoms with E-state index >= 15 is 0 Å². The molecule has 2 aliphatic rings. The largest absolute Gasteiger partial charge is 0.480 e. The molecule has 8 heteroatoms. The molecule has 1 amide bonds. The number of hydrogen-bond acceptors (Lipinski definition) is 3. The van der Waals surface area contributed by atoms with E-state index in [2.05, 4.69) is 34.3 Å². The Kier molecular flexibility index (Phi) is 8.08. The number of aromatic nitrogens is 1. The Morgan fingerprint density at radius 3 is 2.41 bits per heavy atom. The summed E-state index contributed by atoms with van der Waals surface area (Å²) in [5, 5.41) is 12.4. The summed E-state index contributed by atoms with van der Waals surface area (Å²) in [4.78, 5) is 32.6. The highest BCUT2D eigenvalue weighted by molar-refractivity contribution is 6.42. The molecule has 2 saturated heterocycles. The van der Waals surface area contributed by atoms with Crippen molar-refractivity contribution < 1.29 is 14.7 Å². The molecule has 5 rings (SSSR count). The van der Waals surface area contributed by atoms with Crippen LogP contribution in [0, 0.1) is 5.92 Å². The molecule has 2 N–H and O–H groups in total. The minimum Gasteiger partial charge on any atom is -0.480 e. The Morgan fingerprint density at radius 1 is 0.973 bits per heavy atom. The molecule has 1 aromatic heterocycles. The number of hydrogen-bond donors (Lipinski definition) is 2. The first-order chi connectivity index (χ1) is 17.9. The lowest BCUT2D eigenvalue weighted by Gasteiger charge is -2.42. The van der Waals surface area contributed by atoms with Crippen LogP contribution in [0.1, 0.15) is 49.1 Å². The Bertz CT molecular complexity index is 1260. The average Bonchev–Trinajstić information content (AvgIpc) is 3.34. The number of nitrogens with zero attached hydrogens (tertiary/aromatic N) is 2. The highest BCUT2D eigenvalue weighted by Crippen LogP contribution is 2.35. The third-order valence-electron chi connectivity index (χ3n) is 8.19. The van der Waals surface area contributed by atoms with Gasteiger partial charge in [0.25, 0.3) is 0 Å². The number of rotatable bonds is 7. The summed E-state index contributed by atoms with van der Waals surface area (Å²) < 4.78 is 0. The number of amides is 1. The van der Waals surface area contributed by atoms with Gasteiger partial charge in [-0.3, -0.25) is 14.5 Å². The molecule has 1 atom stereocenters. The molecule has 2 aromatic carbocycles. The zero-order chi connectivity index (χ0) is 25.9. The van der Waals surface area contributed by atoms with Crippen LogP contribution < -0.4 is 0 Å². The van der Waals surface area contributed by atoms with Crippen LogP contribution in [0.4, 0.5) is 0 Å². The smallest absolute Gasteiger partial charge is 0.321 e. The van der Waals surface area contributed by atoms with E-state index in [1.807, 2.05) is 23.1 Å². The van der Waals surface area contributed by atoms with Gasteiger partial charge in [0.2, 0.25) is 5.91 Å². The number of carboxylic acid groups (broad SMARTS) is 1. The van der Waals surface area contributed by atoms with Crippen LogP contribution in [-0.2, 0) is 16.0 Å². The van der Waals surface area contributed by atoms with Crippen molar-refractivity contribution in [3.05, 3.63) is 69.8 Å². The van der Waals surface area contributed by atoms with Gasteiger partial charge in [0, 0.05) is 36.6 Å². The van der Waals surface area contributed by atoms with E-state index in [0.717, 1.165) is 49.9 Å². The predicted octanol–water partition coefficient (Wildman–Crippen LogP) is 5.98. The monoisotopic (exact) mass is 541 g/mol. The number of aromatic amines is 1. The van der Waals surface area contributed by atoms with E-state index in [9.17, 15) is 14.7 Å². The van der Waals surface area contributed by atoms with Gasteiger partial charge in [-0.15, -0.1) is 0 Å². The fourth-order valence-electron chi connectivity index (χ4n) is 6.15. The quantitative estimate of drug-likeness (QED) is 0.385. The number of benzene rings is 2. The van der Waals surface area contributed by atoms with Crippen LogP contribution in [0.3, 0.4) is 0 Å². The molecule has 0 saturated carbocycles. The van der Waals surface area contributed by atoms with Crippen LogP contribution in [0.5, 0.6) is 0 Å². The van der Waals surface area contributed by atoms with Crippen molar-refractivity contribution in [3.8, 4) is 0 Å². The highest BCUT2D eigenvalue weighted by Gasteiger charge is 2.38. The van der Waals surface area contributed by atoms with Crippen molar-refractivity contribution in [1.29, 1.82) is 0 Å². The Balaban J connectivity index is 1.13. The van der Waals surface area contributed by atoms with Gasteiger partial charge in [-0.05, 0) is 86.4 Å². The van der Waals surface area contributed by atoms with E-state index in [0.29, 0.717) is 41.9 Å². The van der Waals surface area contributed by atoms with Gasteiger partial charge >= 0.3 is 5.97 Å². The number of piperidine rings is 2. The zero-order valence-electron chi connectivity index (χ0n) is 20.8. The number of fused-ring (bicyclic) bond motifs is 1. The Morgan fingerprint density at radius 2 is 1.70 bits per heavy atom. The molecular weight excluding hydrogens is 509 g/mol. The molecule has 1 unspecified atom stereocenters. The first-order valence-electron chi connectivity index (χ1n) is 13.2. The number of para-hydroxylation sites is 1. The minimum atomic E-state index is -0.741. The molecule has 0 bridgehead atoms. The SMILES string of the molecule is O=C(O)C(C1CCN(C(=O)CCc2ccc(Cl)c(Cl)c2)CC1)N1CCC(c2c[nH]c3ccccc23)CC1. The molecule has 3 aromatic rings. The predicted molar refractivity (Wildman–Crippen MR) is 147 cm³/mol. The minimum absolute atomic E-state index is 0.0567. The molecule has 0 spiro atoms. The number of nitrogens with one attached hydrogen (secondary N) is 1. The fourth-order valence-corrected chi connectivity index (χ4v) is 6.47.